The third kappa shape index (κ3) is 3.19. The molecule has 1 N–H and O–H groups in total. The van der Waals surface area contributed by atoms with Crippen LogP contribution in [0.4, 0.5) is 0 Å². The summed E-state index contributed by atoms with van der Waals surface area (Å²) < 4.78 is 0. The molecule has 2 aliphatic rings. The maximum absolute atomic E-state index is 11.1. The summed E-state index contributed by atoms with van der Waals surface area (Å²) in [6.07, 6.45) is 4.28. The van der Waals surface area contributed by atoms with E-state index in [0.29, 0.717) is 0 Å². The lowest BCUT2D eigenvalue weighted by atomic mass is 9.80. The van der Waals surface area contributed by atoms with Crippen LogP contribution in [-0.4, -0.2) is 60.1 Å². The van der Waals surface area contributed by atoms with Crippen LogP contribution in [0.3, 0.4) is 0 Å². The Morgan fingerprint density at radius 1 is 1.06 bits per heavy atom. The van der Waals surface area contributed by atoms with Crippen molar-refractivity contribution >= 4 is 5.97 Å². The van der Waals surface area contributed by atoms with E-state index in [1.165, 1.54) is 25.9 Å². The number of carbonyl (C=O) groups is 1. The van der Waals surface area contributed by atoms with Crippen LogP contribution in [0.15, 0.2) is 0 Å². The highest BCUT2D eigenvalue weighted by Gasteiger charge is 2.36. The lowest BCUT2D eigenvalue weighted by Gasteiger charge is -2.37. The van der Waals surface area contributed by atoms with E-state index < -0.39 is 11.4 Å². The molecule has 4 heteroatoms. The summed E-state index contributed by atoms with van der Waals surface area (Å²) in [7, 11) is 0. The van der Waals surface area contributed by atoms with E-state index in [0.717, 1.165) is 39.0 Å². The zero-order valence-corrected chi connectivity index (χ0v) is 10.8. The molecule has 0 aromatic heterocycles. The molecular formula is C13H24N2O2. The van der Waals surface area contributed by atoms with Gasteiger partial charge in [-0.25, -0.2) is 0 Å². The molecule has 0 aliphatic carbocycles. The van der Waals surface area contributed by atoms with Crippen LogP contribution < -0.4 is 0 Å². The Morgan fingerprint density at radius 2 is 1.53 bits per heavy atom. The third-order valence-electron chi connectivity index (χ3n) is 4.41. The van der Waals surface area contributed by atoms with Crippen LogP contribution in [0, 0.1) is 5.41 Å². The lowest BCUT2D eigenvalue weighted by molar-refractivity contribution is -0.150. The van der Waals surface area contributed by atoms with Crippen LogP contribution in [0.1, 0.15) is 32.6 Å². The molecule has 0 atom stereocenters. The van der Waals surface area contributed by atoms with E-state index in [4.69, 9.17) is 5.11 Å². The van der Waals surface area contributed by atoms with Crippen LogP contribution >= 0.6 is 0 Å². The smallest absolute Gasteiger partial charge is 0.309 e. The van der Waals surface area contributed by atoms with E-state index in [1.54, 1.807) is 0 Å². The largest absolute Gasteiger partial charge is 0.481 e. The van der Waals surface area contributed by atoms with Gasteiger partial charge >= 0.3 is 5.97 Å². The fourth-order valence-electron chi connectivity index (χ4n) is 2.77. The average Bonchev–Trinajstić information content (AvgIpc) is 2.81. The van der Waals surface area contributed by atoms with Gasteiger partial charge in [-0.05, 0) is 58.8 Å². The van der Waals surface area contributed by atoms with Gasteiger partial charge in [-0.15, -0.1) is 0 Å². The Morgan fingerprint density at radius 3 is 2.00 bits per heavy atom. The highest BCUT2D eigenvalue weighted by molar-refractivity contribution is 5.74. The van der Waals surface area contributed by atoms with Crippen LogP contribution in [0.25, 0.3) is 0 Å². The van der Waals surface area contributed by atoms with Crippen molar-refractivity contribution in [1.82, 2.24) is 9.80 Å². The molecule has 0 bridgehead atoms. The van der Waals surface area contributed by atoms with Crippen molar-refractivity contribution in [3.8, 4) is 0 Å². The van der Waals surface area contributed by atoms with Gasteiger partial charge in [-0.3, -0.25) is 4.79 Å². The molecule has 0 aromatic carbocycles. The molecule has 0 radical (unpaired) electrons. The van der Waals surface area contributed by atoms with Gasteiger partial charge in [0.2, 0.25) is 0 Å². The van der Waals surface area contributed by atoms with Crippen molar-refractivity contribution in [3.63, 3.8) is 0 Å². The number of hydrogen-bond donors (Lipinski definition) is 1. The number of likely N-dealkylation sites (tertiary alicyclic amines) is 2. The number of aliphatic carboxylic acids is 1. The van der Waals surface area contributed by atoms with Crippen molar-refractivity contribution in [2.45, 2.75) is 32.6 Å². The van der Waals surface area contributed by atoms with Gasteiger partial charge in [0.05, 0.1) is 5.41 Å². The third-order valence-corrected chi connectivity index (χ3v) is 4.41. The molecule has 0 amide bonds. The minimum absolute atomic E-state index is 0.482. The molecule has 2 saturated heterocycles. The summed E-state index contributed by atoms with van der Waals surface area (Å²) in [4.78, 5) is 16.1. The fourth-order valence-corrected chi connectivity index (χ4v) is 2.77. The Balaban J connectivity index is 1.70. The highest BCUT2D eigenvalue weighted by atomic mass is 16.4. The molecule has 2 fully saturated rings. The summed E-state index contributed by atoms with van der Waals surface area (Å²) >= 11 is 0. The summed E-state index contributed by atoms with van der Waals surface area (Å²) in [5.41, 5.74) is -0.482. The minimum Gasteiger partial charge on any atom is -0.481 e. The number of rotatable bonds is 4. The van der Waals surface area contributed by atoms with Crippen molar-refractivity contribution in [3.05, 3.63) is 0 Å². The van der Waals surface area contributed by atoms with E-state index in [2.05, 4.69) is 9.80 Å². The molecule has 17 heavy (non-hydrogen) atoms. The maximum atomic E-state index is 11.1. The number of piperidine rings is 1. The first-order chi connectivity index (χ1) is 8.10. The summed E-state index contributed by atoms with van der Waals surface area (Å²) in [5, 5.41) is 9.16. The molecule has 0 aromatic rings. The van der Waals surface area contributed by atoms with Gasteiger partial charge in [-0.2, -0.15) is 0 Å². The van der Waals surface area contributed by atoms with E-state index in [1.807, 2.05) is 6.92 Å². The molecular weight excluding hydrogens is 216 g/mol. The van der Waals surface area contributed by atoms with Gasteiger partial charge in [-0.1, -0.05) is 0 Å². The van der Waals surface area contributed by atoms with Crippen molar-refractivity contribution < 1.29 is 9.90 Å². The Kier molecular flexibility index (Phi) is 4.05. The monoisotopic (exact) mass is 240 g/mol. The predicted molar refractivity (Wildman–Crippen MR) is 67.1 cm³/mol. The number of carboxylic acids is 1. The summed E-state index contributed by atoms with van der Waals surface area (Å²) in [5.74, 6) is -0.628. The maximum Gasteiger partial charge on any atom is 0.309 e. The average molecular weight is 240 g/mol. The van der Waals surface area contributed by atoms with Crippen LogP contribution in [-0.2, 0) is 4.79 Å². The Hall–Kier alpha value is -0.610. The number of hydrogen-bond acceptors (Lipinski definition) is 3. The first-order valence-electron chi connectivity index (χ1n) is 6.78. The number of nitrogens with zero attached hydrogens (tertiary/aromatic N) is 2. The molecule has 0 spiro atoms. The minimum atomic E-state index is -0.628. The van der Waals surface area contributed by atoms with Gasteiger partial charge < -0.3 is 14.9 Å². The lowest BCUT2D eigenvalue weighted by Crippen LogP contribution is -2.44. The molecule has 2 aliphatic heterocycles. The molecule has 2 heterocycles. The fraction of sp³-hybridized carbons (Fsp3) is 0.923. The summed E-state index contributed by atoms with van der Waals surface area (Å²) in [6, 6.07) is 0. The van der Waals surface area contributed by atoms with E-state index in [-0.39, 0.29) is 0 Å². The number of carboxylic acid groups (broad SMARTS) is 1. The summed E-state index contributed by atoms with van der Waals surface area (Å²) in [6.45, 7) is 8.53. The zero-order valence-electron chi connectivity index (χ0n) is 10.8. The molecule has 98 valence electrons. The van der Waals surface area contributed by atoms with Crippen molar-refractivity contribution in [2.24, 2.45) is 5.41 Å². The highest BCUT2D eigenvalue weighted by Crippen LogP contribution is 2.30. The van der Waals surface area contributed by atoms with Crippen LogP contribution in [0.2, 0.25) is 0 Å². The zero-order chi connectivity index (χ0) is 12.3. The Labute approximate surface area is 104 Å². The van der Waals surface area contributed by atoms with Gasteiger partial charge in [0.15, 0.2) is 0 Å². The topological polar surface area (TPSA) is 43.8 Å². The SMILES string of the molecule is CC1(C(=O)O)CCN(CCN2CCCC2)CC1. The first-order valence-corrected chi connectivity index (χ1v) is 6.78. The predicted octanol–water partition coefficient (Wildman–Crippen LogP) is 1.27. The van der Waals surface area contributed by atoms with Gasteiger partial charge in [0.25, 0.3) is 0 Å². The molecule has 0 saturated carbocycles. The van der Waals surface area contributed by atoms with Crippen molar-refractivity contribution in [1.29, 1.82) is 0 Å². The second kappa shape index (κ2) is 5.36. The molecule has 0 unspecified atom stereocenters. The van der Waals surface area contributed by atoms with Crippen LogP contribution in [0.5, 0.6) is 0 Å². The second-order valence-electron chi connectivity index (χ2n) is 5.76. The van der Waals surface area contributed by atoms with E-state index in [9.17, 15) is 4.79 Å². The molecule has 2 rings (SSSR count). The van der Waals surface area contributed by atoms with E-state index >= 15 is 0 Å². The van der Waals surface area contributed by atoms with Gasteiger partial charge in [0, 0.05) is 13.1 Å². The second-order valence-corrected chi connectivity index (χ2v) is 5.76. The molecule has 4 nitrogen and oxygen atoms in total. The standard InChI is InChI=1S/C13H24N2O2/c1-13(12(16)17)4-8-15(9-5-13)11-10-14-6-2-3-7-14/h2-11H2,1H3,(H,16,17). The van der Waals surface area contributed by atoms with Crippen molar-refractivity contribution in [2.75, 3.05) is 39.3 Å². The van der Waals surface area contributed by atoms with Gasteiger partial charge in [0.1, 0.15) is 0 Å². The Bertz CT molecular complexity index is 267. The first kappa shape index (κ1) is 12.8. The normalized spacial score (nSPS) is 26.2. The quantitative estimate of drug-likeness (QED) is 0.803.